The summed E-state index contributed by atoms with van der Waals surface area (Å²) in [6.45, 7) is 8.42. The van der Waals surface area contributed by atoms with Crippen molar-refractivity contribution in [2.75, 3.05) is 6.61 Å². The summed E-state index contributed by atoms with van der Waals surface area (Å²) in [6, 6.07) is 0. The highest BCUT2D eigenvalue weighted by Crippen LogP contribution is 2.38. The summed E-state index contributed by atoms with van der Waals surface area (Å²) >= 11 is 0. The Morgan fingerprint density at radius 1 is 0.912 bits per heavy atom. The van der Waals surface area contributed by atoms with E-state index in [9.17, 15) is 14.4 Å². The first-order chi connectivity index (χ1) is 16.4. The number of carbonyl (C=O) groups is 3. The number of hydrogen-bond acceptors (Lipinski definition) is 6. The van der Waals surface area contributed by atoms with Crippen LogP contribution in [0.25, 0.3) is 0 Å². The number of rotatable bonds is 14. The monoisotopic (exact) mass is 478 g/mol. The van der Waals surface area contributed by atoms with E-state index in [1.165, 1.54) is 32.1 Å². The minimum atomic E-state index is -1.32. The molecule has 0 aromatic rings. The van der Waals surface area contributed by atoms with E-state index in [1.807, 2.05) is 0 Å². The summed E-state index contributed by atoms with van der Waals surface area (Å²) < 4.78 is 16.8. The van der Waals surface area contributed by atoms with E-state index >= 15 is 0 Å². The van der Waals surface area contributed by atoms with Gasteiger partial charge in [-0.15, -0.1) is 0 Å². The zero-order chi connectivity index (χ0) is 24.8. The molecule has 0 unspecified atom stereocenters. The highest BCUT2D eigenvalue weighted by molar-refractivity contribution is 5.88. The van der Waals surface area contributed by atoms with Crippen LogP contribution >= 0.6 is 0 Å². The second-order valence-electron chi connectivity index (χ2n) is 10.5. The lowest BCUT2D eigenvalue weighted by Crippen LogP contribution is -2.49. The molecular weight excluding hydrogens is 432 g/mol. The van der Waals surface area contributed by atoms with Crippen LogP contribution in [0.15, 0.2) is 12.7 Å². The van der Waals surface area contributed by atoms with Gasteiger partial charge in [-0.05, 0) is 63.7 Å². The predicted octanol–water partition coefficient (Wildman–Crippen LogP) is 6.45. The van der Waals surface area contributed by atoms with Gasteiger partial charge in [0.2, 0.25) is 5.60 Å². The molecule has 6 heteroatoms. The molecule has 2 rings (SSSR count). The highest BCUT2D eigenvalue weighted by Gasteiger charge is 2.48. The lowest BCUT2D eigenvalue weighted by molar-refractivity contribution is -0.191. The van der Waals surface area contributed by atoms with Crippen LogP contribution in [0, 0.1) is 11.8 Å². The van der Waals surface area contributed by atoms with Crippen LogP contribution in [0.2, 0.25) is 0 Å². The lowest BCUT2D eigenvalue weighted by Gasteiger charge is -2.37. The minimum Gasteiger partial charge on any atom is -0.465 e. The van der Waals surface area contributed by atoms with Crippen molar-refractivity contribution in [3.63, 3.8) is 0 Å². The van der Waals surface area contributed by atoms with Crippen molar-refractivity contribution in [1.29, 1.82) is 0 Å². The van der Waals surface area contributed by atoms with Crippen molar-refractivity contribution in [2.45, 2.75) is 128 Å². The average Bonchev–Trinajstić information content (AvgIpc) is 2.83. The minimum absolute atomic E-state index is 0.113. The standard InChI is InChI=1S/C28H46O6/c1-4-25(29)34-28(27(31)33-24-15-11-9-12-16-24)19-17-23(18-20-28)26(30)32-21-13-8-6-5-7-10-14-22(2)3/h4,22-24H,1,5-21H2,2-3H3. The van der Waals surface area contributed by atoms with Gasteiger partial charge in [-0.3, -0.25) is 4.79 Å². The van der Waals surface area contributed by atoms with Gasteiger partial charge in [0.05, 0.1) is 12.5 Å². The molecule has 0 bridgehead atoms. The maximum Gasteiger partial charge on any atom is 0.350 e. The van der Waals surface area contributed by atoms with E-state index in [0.717, 1.165) is 56.9 Å². The van der Waals surface area contributed by atoms with Crippen LogP contribution in [0.4, 0.5) is 0 Å². The summed E-state index contributed by atoms with van der Waals surface area (Å²) in [7, 11) is 0. The molecule has 0 amide bonds. The van der Waals surface area contributed by atoms with Crippen molar-refractivity contribution in [3.05, 3.63) is 12.7 Å². The second-order valence-corrected chi connectivity index (χ2v) is 10.5. The molecule has 0 saturated heterocycles. The quantitative estimate of drug-likeness (QED) is 0.124. The third kappa shape index (κ3) is 9.79. The van der Waals surface area contributed by atoms with Crippen LogP contribution in [-0.4, -0.2) is 36.2 Å². The Bertz CT molecular complexity index is 641. The molecule has 0 heterocycles. The largest absolute Gasteiger partial charge is 0.465 e. The van der Waals surface area contributed by atoms with Gasteiger partial charge >= 0.3 is 17.9 Å². The van der Waals surface area contributed by atoms with Gasteiger partial charge in [0, 0.05) is 6.08 Å². The predicted molar refractivity (Wildman–Crippen MR) is 132 cm³/mol. The van der Waals surface area contributed by atoms with Crippen LogP contribution in [0.1, 0.15) is 117 Å². The zero-order valence-corrected chi connectivity index (χ0v) is 21.5. The van der Waals surface area contributed by atoms with E-state index in [2.05, 4.69) is 20.4 Å². The Hall–Kier alpha value is -1.85. The number of ether oxygens (including phenoxy) is 3. The molecule has 0 aliphatic heterocycles. The summed E-state index contributed by atoms with van der Waals surface area (Å²) in [5, 5.41) is 0. The molecule has 0 radical (unpaired) electrons. The van der Waals surface area contributed by atoms with E-state index in [4.69, 9.17) is 14.2 Å². The van der Waals surface area contributed by atoms with Crippen LogP contribution in [0.5, 0.6) is 0 Å². The summed E-state index contributed by atoms with van der Waals surface area (Å²) in [5.41, 5.74) is -1.32. The summed E-state index contributed by atoms with van der Waals surface area (Å²) in [5.74, 6) is -0.808. The summed E-state index contributed by atoms with van der Waals surface area (Å²) in [6.07, 6.45) is 15.6. The van der Waals surface area contributed by atoms with Crippen LogP contribution < -0.4 is 0 Å². The molecule has 0 atom stereocenters. The molecule has 6 nitrogen and oxygen atoms in total. The molecule has 0 N–H and O–H groups in total. The second kappa shape index (κ2) is 15.2. The van der Waals surface area contributed by atoms with Gasteiger partial charge in [0.15, 0.2) is 0 Å². The molecule has 2 aliphatic rings. The molecule has 2 saturated carbocycles. The smallest absolute Gasteiger partial charge is 0.350 e. The molecule has 34 heavy (non-hydrogen) atoms. The molecule has 2 fully saturated rings. The van der Waals surface area contributed by atoms with Crippen LogP contribution in [0.3, 0.4) is 0 Å². The number of hydrogen-bond donors (Lipinski definition) is 0. The molecule has 194 valence electrons. The Kier molecular flexibility index (Phi) is 12.7. The zero-order valence-electron chi connectivity index (χ0n) is 21.5. The molecule has 2 aliphatic carbocycles. The van der Waals surface area contributed by atoms with Gasteiger partial charge in [-0.2, -0.15) is 0 Å². The Morgan fingerprint density at radius 3 is 2.15 bits per heavy atom. The van der Waals surface area contributed by atoms with Gasteiger partial charge in [0.1, 0.15) is 6.10 Å². The fourth-order valence-corrected chi connectivity index (χ4v) is 5.00. The van der Waals surface area contributed by atoms with Crippen molar-refractivity contribution in [3.8, 4) is 0 Å². The first kappa shape index (κ1) is 28.4. The SMILES string of the molecule is C=CC(=O)OC1(C(=O)OC2CCCCC2)CCC(C(=O)OCCCCCCCCC(C)C)CC1. The average molecular weight is 479 g/mol. The number of carbonyl (C=O) groups excluding carboxylic acids is 3. The Labute approximate surface area is 206 Å². The fraction of sp³-hybridized carbons (Fsp3) is 0.821. The highest BCUT2D eigenvalue weighted by atomic mass is 16.6. The first-order valence-corrected chi connectivity index (χ1v) is 13.6. The third-order valence-electron chi connectivity index (χ3n) is 7.21. The van der Waals surface area contributed by atoms with Gasteiger partial charge in [-0.1, -0.05) is 65.4 Å². The maximum atomic E-state index is 13.0. The van der Waals surface area contributed by atoms with E-state index in [-0.39, 0.29) is 30.8 Å². The van der Waals surface area contributed by atoms with E-state index in [0.29, 0.717) is 19.4 Å². The third-order valence-corrected chi connectivity index (χ3v) is 7.21. The van der Waals surface area contributed by atoms with Gasteiger partial charge < -0.3 is 14.2 Å². The molecule has 0 aromatic carbocycles. The molecule has 0 aromatic heterocycles. The normalized spacial score (nSPS) is 23.3. The number of unbranched alkanes of at least 4 members (excludes halogenated alkanes) is 5. The van der Waals surface area contributed by atoms with Crippen molar-refractivity contribution in [2.24, 2.45) is 11.8 Å². The van der Waals surface area contributed by atoms with Gasteiger partial charge in [-0.25, -0.2) is 9.59 Å². The summed E-state index contributed by atoms with van der Waals surface area (Å²) in [4.78, 5) is 37.6. The molecular formula is C28H46O6. The molecule has 0 spiro atoms. The Morgan fingerprint density at radius 2 is 1.53 bits per heavy atom. The van der Waals surface area contributed by atoms with E-state index < -0.39 is 17.5 Å². The first-order valence-electron chi connectivity index (χ1n) is 13.6. The van der Waals surface area contributed by atoms with Crippen molar-refractivity contribution >= 4 is 17.9 Å². The Balaban J connectivity index is 1.72. The van der Waals surface area contributed by atoms with Crippen molar-refractivity contribution in [1.82, 2.24) is 0 Å². The van der Waals surface area contributed by atoms with Crippen molar-refractivity contribution < 1.29 is 28.6 Å². The fourth-order valence-electron chi connectivity index (χ4n) is 5.00. The number of esters is 3. The van der Waals surface area contributed by atoms with Gasteiger partial charge in [0.25, 0.3) is 0 Å². The lowest BCUT2D eigenvalue weighted by atomic mass is 9.78. The topological polar surface area (TPSA) is 78.9 Å². The van der Waals surface area contributed by atoms with E-state index in [1.54, 1.807) is 0 Å². The maximum absolute atomic E-state index is 13.0. The van der Waals surface area contributed by atoms with Crippen LogP contribution in [-0.2, 0) is 28.6 Å².